The molecule has 1 aromatic carbocycles. The molecule has 2 amide bonds. The lowest BCUT2D eigenvalue weighted by Crippen LogP contribution is -2.46. The fraction of sp³-hybridized carbons (Fsp3) is 0.500. The summed E-state index contributed by atoms with van der Waals surface area (Å²) in [7, 11) is 0. The Morgan fingerprint density at radius 1 is 1.21 bits per heavy atom. The lowest BCUT2D eigenvalue weighted by molar-refractivity contribution is -0.130. The number of carbonyl (C=O) groups excluding carboxylic acids is 3. The molecule has 1 atom stereocenters. The van der Waals surface area contributed by atoms with E-state index in [1.165, 1.54) is 11.1 Å². The normalized spacial score (nSPS) is 13.8. The summed E-state index contributed by atoms with van der Waals surface area (Å²) in [6.07, 6.45) is 3.95. The molecule has 130 valence electrons. The lowest BCUT2D eigenvalue weighted by atomic mass is 10.1. The van der Waals surface area contributed by atoms with E-state index < -0.39 is 24.5 Å². The molecule has 0 fully saturated rings. The number of hydrogen-bond acceptors (Lipinski definition) is 4. The van der Waals surface area contributed by atoms with Crippen molar-refractivity contribution in [3.63, 3.8) is 0 Å². The molecule has 0 unspecified atom stereocenters. The third-order valence-electron chi connectivity index (χ3n) is 3.99. The van der Waals surface area contributed by atoms with Gasteiger partial charge in [0.15, 0.2) is 6.61 Å². The number of aryl methyl sites for hydroxylation is 2. The zero-order valence-corrected chi connectivity index (χ0v) is 14.2. The van der Waals surface area contributed by atoms with Gasteiger partial charge in [-0.05, 0) is 55.9 Å². The Morgan fingerprint density at radius 3 is 2.71 bits per heavy atom. The van der Waals surface area contributed by atoms with E-state index in [2.05, 4.69) is 10.6 Å². The lowest BCUT2D eigenvalue weighted by Gasteiger charge is -2.14. The van der Waals surface area contributed by atoms with Gasteiger partial charge in [-0.2, -0.15) is 0 Å². The molecule has 6 heteroatoms. The molecule has 0 saturated heterocycles. The first-order valence-electron chi connectivity index (χ1n) is 8.37. The molecular formula is C18H24N2O4. The van der Waals surface area contributed by atoms with E-state index in [9.17, 15) is 14.4 Å². The molecule has 1 aliphatic rings. The third-order valence-corrected chi connectivity index (χ3v) is 3.99. The molecule has 0 bridgehead atoms. The van der Waals surface area contributed by atoms with Gasteiger partial charge in [-0.15, -0.1) is 0 Å². The minimum Gasteiger partial charge on any atom is -0.452 e. The molecule has 0 heterocycles. The van der Waals surface area contributed by atoms with Gasteiger partial charge in [-0.1, -0.05) is 13.0 Å². The predicted molar refractivity (Wildman–Crippen MR) is 89.7 cm³/mol. The topological polar surface area (TPSA) is 84.5 Å². The molecule has 2 rings (SSSR count). The van der Waals surface area contributed by atoms with E-state index in [1.807, 2.05) is 19.1 Å². The monoisotopic (exact) mass is 332 g/mol. The average Bonchev–Trinajstić information content (AvgIpc) is 3.04. The Hall–Kier alpha value is -2.37. The quantitative estimate of drug-likeness (QED) is 0.739. The maximum atomic E-state index is 12.0. The number of hydrogen-bond donors (Lipinski definition) is 2. The second kappa shape index (κ2) is 8.47. The van der Waals surface area contributed by atoms with Gasteiger partial charge >= 0.3 is 5.97 Å². The molecule has 2 N–H and O–H groups in total. The van der Waals surface area contributed by atoms with Crippen molar-refractivity contribution in [2.45, 2.75) is 45.6 Å². The molecule has 0 aliphatic heterocycles. The van der Waals surface area contributed by atoms with Crippen molar-refractivity contribution in [2.75, 3.05) is 13.2 Å². The molecule has 0 radical (unpaired) electrons. The number of rotatable bonds is 7. The van der Waals surface area contributed by atoms with Crippen LogP contribution in [0, 0.1) is 0 Å². The first-order valence-corrected chi connectivity index (χ1v) is 8.37. The van der Waals surface area contributed by atoms with Gasteiger partial charge < -0.3 is 15.4 Å². The van der Waals surface area contributed by atoms with E-state index in [0.717, 1.165) is 25.7 Å². The second-order valence-electron chi connectivity index (χ2n) is 5.99. The van der Waals surface area contributed by atoms with Crippen LogP contribution in [0.4, 0.5) is 0 Å². The van der Waals surface area contributed by atoms with Crippen molar-refractivity contribution >= 4 is 17.8 Å². The minimum absolute atomic E-state index is 0.254. The van der Waals surface area contributed by atoms with Crippen LogP contribution in [0.25, 0.3) is 0 Å². The number of esters is 1. The van der Waals surface area contributed by atoms with Crippen LogP contribution in [0.3, 0.4) is 0 Å². The van der Waals surface area contributed by atoms with Gasteiger partial charge in [0.2, 0.25) is 5.91 Å². The van der Waals surface area contributed by atoms with Crippen LogP contribution in [0.1, 0.15) is 48.2 Å². The van der Waals surface area contributed by atoms with Gasteiger partial charge in [0.1, 0.15) is 6.04 Å². The van der Waals surface area contributed by atoms with Crippen LogP contribution in [-0.4, -0.2) is 37.0 Å². The van der Waals surface area contributed by atoms with Crippen molar-refractivity contribution in [1.29, 1.82) is 0 Å². The number of amides is 2. The third kappa shape index (κ3) is 4.81. The van der Waals surface area contributed by atoms with Crippen LogP contribution in [0.5, 0.6) is 0 Å². The highest BCUT2D eigenvalue weighted by Crippen LogP contribution is 2.23. The average molecular weight is 332 g/mol. The maximum Gasteiger partial charge on any atom is 0.338 e. The highest BCUT2D eigenvalue weighted by molar-refractivity contribution is 5.92. The summed E-state index contributed by atoms with van der Waals surface area (Å²) < 4.78 is 5.03. The van der Waals surface area contributed by atoms with Gasteiger partial charge in [-0.3, -0.25) is 9.59 Å². The number of carbonyl (C=O) groups is 3. The number of nitrogens with one attached hydrogen (secondary N) is 2. The van der Waals surface area contributed by atoms with Crippen LogP contribution in [0.15, 0.2) is 18.2 Å². The zero-order valence-electron chi connectivity index (χ0n) is 14.2. The van der Waals surface area contributed by atoms with E-state index in [4.69, 9.17) is 4.74 Å². The van der Waals surface area contributed by atoms with E-state index in [-0.39, 0.29) is 5.91 Å². The first-order chi connectivity index (χ1) is 11.5. The molecule has 24 heavy (non-hydrogen) atoms. The molecule has 0 spiro atoms. The summed E-state index contributed by atoms with van der Waals surface area (Å²) in [6, 6.07) is 4.84. The molecule has 1 aromatic rings. The zero-order chi connectivity index (χ0) is 17.5. The number of ether oxygens (including phenoxy) is 1. The Morgan fingerprint density at radius 2 is 1.96 bits per heavy atom. The molecule has 6 nitrogen and oxygen atoms in total. The van der Waals surface area contributed by atoms with Crippen LogP contribution in [0.2, 0.25) is 0 Å². The summed E-state index contributed by atoms with van der Waals surface area (Å²) in [5, 5.41) is 5.20. The summed E-state index contributed by atoms with van der Waals surface area (Å²) in [6.45, 7) is 3.70. The standard InChI is InChI=1S/C18H24N2O4/c1-3-9-19-17(22)12(2)20-16(21)11-24-18(23)15-8-7-13-5-4-6-14(13)10-15/h7-8,10,12H,3-6,9,11H2,1-2H3,(H,19,22)(H,20,21)/t12-/m1/s1. The van der Waals surface area contributed by atoms with Gasteiger partial charge in [0, 0.05) is 6.54 Å². The summed E-state index contributed by atoms with van der Waals surface area (Å²) in [5.41, 5.74) is 2.91. The smallest absolute Gasteiger partial charge is 0.338 e. The highest BCUT2D eigenvalue weighted by Gasteiger charge is 2.18. The van der Waals surface area contributed by atoms with Crippen molar-refractivity contribution < 1.29 is 19.1 Å². The predicted octanol–water partition coefficient (Wildman–Crippen LogP) is 1.36. The van der Waals surface area contributed by atoms with Gasteiger partial charge in [-0.25, -0.2) is 4.79 Å². The second-order valence-corrected chi connectivity index (χ2v) is 5.99. The van der Waals surface area contributed by atoms with Crippen LogP contribution in [-0.2, 0) is 27.2 Å². The first kappa shape index (κ1) is 18.0. The van der Waals surface area contributed by atoms with Crippen LogP contribution >= 0.6 is 0 Å². The minimum atomic E-state index is -0.664. The van der Waals surface area contributed by atoms with Gasteiger partial charge in [0.05, 0.1) is 5.56 Å². The van der Waals surface area contributed by atoms with E-state index in [0.29, 0.717) is 12.1 Å². The SMILES string of the molecule is CCCNC(=O)[C@@H](C)NC(=O)COC(=O)c1ccc2c(c1)CCC2. The molecule has 1 aliphatic carbocycles. The Balaban J connectivity index is 1.79. The summed E-state index contributed by atoms with van der Waals surface area (Å²) >= 11 is 0. The Labute approximate surface area is 142 Å². The largest absolute Gasteiger partial charge is 0.452 e. The van der Waals surface area contributed by atoms with Crippen LogP contribution < -0.4 is 10.6 Å². The maximum absolute atomic E-state index is 12.0. The number of benzene rings is 1. The van der Waals surface area contributed by atoms with E-state index in [1.54, 1.807) is 13.0 Å². The van der Waals surface area contributed by atoms with Crippen molar-refractivity contribution in [3.05, 3.63) is 34.9 Å². The molecular weight excluding hydrogens is 308 g/mol. The molecule has 0 saturated carbocycles. The Kier molecular flexibility index (Phi) is 6.35. The summed E-state index contributed by atoms with van der Waals surface area (Å²) in [4.78, 5) is 35.5. The van der Waals surface area contributed by atoms with Crippen molar-refractivity contribution in [3.8, 4) is 0 Å². The highest BCUT2D eigenvalue weighted by atomic mass is 16.5. The fourth-order valence-electron chi connectivity index (χ4n) is 2.66. The van der Waals surface area contributed by atoms with Gasteiger partial charge in [0.25, 0.3) is 5.91 Å². The molecule has 0 aromatic heterocycles. The van der Waals surface area contributed by atoms with Crippen molar-refractivity contribution in [1.82, 2.24) is 10.6 Å². The van der Waals surface area contributed by atoms with Crippen molar-refractivity contribution in [2.24, 2.45) is 0 Å². The van der Waals surface area contributed by atoms with E-state index >= 15 is 0 Å². The fourth-order valence-corrected chi connectivity index (χ4v) is 2.66. The number of fused-ring (bicyclic) bond motifs is 1. The Bertz CT molecular complexity index is 627. The summed E-state index contributed by atoms with van der Waals surface area (Å²) in [5.74, 6) is -1.28.